The molecule has 1 heterocycles. The van der Waals surface area contributed by atoms with E-state index in [0.717, 1.165) is 5.56 Å². The third kappa shape index (κ3) is 5.60. The lowest BCUT2D eigenvalue weighted by Gasteiger charge is -2.18. The topological polar surface area (TPSA) is 67.3 Å². The molecule has 0 saturated carbocycles. The number of rotatable bonds is 7. The summed E-state index contributed by atoms with van der Waals surface area (Å²) in [5, 5.41) is 3.65. The van der Waals surface area contributed by atoms with E-state index in [-0.39, 0.29) is 11.9 Å². The highest BCUT2D eigenvalue weighted by Gasteiger charge is 2.13. The first-order valence-electron chi connectivity index (χ1n) is 8.10. The molecule has 134 valence electrons. The number of ether oxygens (including phenoxy) is 1. The standard InChI is InChI=1S/C18H23ClN4O2/c1-12(2)22-18-20-10-14(11-21-18)17(24)23(4)7-8-25-16-6-5-13(3)9-15(16)19/h5-6,9-12H,7-8H2,1-4H3,(H,20,21,22). The molecule has 25 heavy (non-hydrogen) atoms. The number of anilines is 1. The van der Waals surface area contributed by atoms with Gasteiger partial charge in [-0.3, -0.25) is 4.79 Å². The van der Waals surface area contributed by atoms with Gasteiger partial charge >= 0.3 is 0 Å². The molecule has 0 bridgehead atoms. The highest BCUT2D eigenvalue weighted by Crippen LogP contribution is 2.25. The zero-order valence-electron chi connectivity index (χ0n) is 14.9. The molecule has 0 spiro atoms. The lowest BCUT2D eigenvalue weighted by Crippen LogP contribution is -2.31. The molecule has 6 nitrogen and oxygen atoms in total. The second-order valence-corrected chi connectivity index (χ2v) is 6.51. The van der Waals surface area contributed by atoms with E-state index in [9.17, 15) is 4.79 Å². The number of nitrogens with one attached hydrogen (secondary N) is 1. The summed E-state index contributed by atoms with van der Waals surface area (Å²) in [6.07, 6.45) is 3.04. The average molecular weight is 363 g/mol. The van der Waals surface area contributed by atoms with E-state index in [4.69, 9.17) is 16.3 Å². The summed E-state index contributed by atoms with van der Waals surface area (Å²) >= 11 is 6.13. The fourth-order valence-electron chi connectivity index (χ4n) is 2.11. The Labute approximate surface area is 153 Å². The normalized spacial score (nSPS) is 10.6. The molecule has 0 aliphatic rings. The zero-order valence-corrected chi connectivity index (χ0v) is 15.7. The van der Waals surface area contributed by atoms with Gasteiger partial charge in [0.1, 0.15) is 12.4 Å². The lowest BCUT2D eigenvalue weighted by molar-refractivity contribution is 0.0773. The predicted molar refractivity (Wildman–Crippen MR) is 99.4 cm³/mol. The first-order valence-corrected chi connectivity index (χ1v) is 8.47. The van der Waals surface area contributed by atoms with Crippen LogP contribution in [0.3, 0.4) is 0 Å². The number of carbonyl (C=O) groups excluding carboxylic acids is 1. The molecular weight excluding hydrogens is 340 g/mol. The molecular formula is C18H23ClN4O2. The minimum Gasteiger partial charge on any atom is -0.490 e. The highest BCUT2D eigenvalue weighted by molar-refractivity contribution is 6.32. The van der Waals surface area contributed by atoms with Crippen LogP contribution in [0.1, 0.15) is 29.8 Å². The molecule has 7 heteroatoms. The quantitative estimate of drug-likeness (QED) is 0.817. The molecule has 2 aromatic rings. The van der Waals surface area contributed by atoms with Crippen LogP contribution in [0, 0.1) is 6.92 Å². The summed E-state index contributed by atoms with van der Waals surface area (Å²) in [5.41, 5.74) is 1.50. The van der Waals surface area contributed by atoms with E-state index in [0.29, 0.717) is 35.4 Å². The van der Waals surface area contributed by atoms with Gasteiger partial charge in [-0.2, -0.15) is 0 Å². The Morgan fingerprint density at radius 1 is 1.32 bits per heavy atom. The molecule has 0 aliphatic heterocycles. The first-order chi connectivity index (χ1) is 11.9. The summed E-state index contributed by atoms with van der Waals surface area (Å²) in [5.74, 6) is 0.960. The van der Waals surface area contributed by atoms with Crippen molar-refractivity contribution in [3.05, 3.63) is 46.7 Å². The van der Waals surface area contributed by atoms with Gasteiger partial charge in [0, 0.05) is 25.5 Å². The number of hydrogen-bond acceptors (Lipinski definition) is 5. The second kappa shape index (κ2) is 8.67. The molecule has 0 atom stereocenters. The Kier molecular flexibility index (Phi) is 6.58. The van der Waals surface area contributed by atoms with Gasteiger partial charge in [0.2, 0.25) is 5.95 Å². The number of aryl methyl sites for hydroxylation is 1. The third-order valence-electron chi connectivity index (χ3n) is 3.43. The first kappa shape index (κ1) is 19.0. The fraction of sp³-hybridized carbons (Fsp3) is 0.389. The van der Waals surface area contributed by atoms with Crippen molar-refractivity contribution in [2.45, 2.75) is 26.8 Å². The molecule has 0 aliphatic carbocycles. The number of likely N-dealkylation sites (N-methyl/N-ethyl adjacent to an activating group) is 1. The fourth-order valence-corrected chi connectivity index (χ4v) is 2.40. The summed E-state index contributed by atoms with van der Waals surface area (Å²) in [7, 11) is 1.71. The molecule has 0 radical (unpaired) electrons. The molecule has 0 fully saturated rings. The van der Waals surface area contributed by atoms with Gasteiger partial charge in [0.05, 0.1) is 17.1 Å². The largest absolute Gasteiger partial charge is 0.490 e. The Morgan fingerprint density at radius 3 is 2.60 bits per heavy atom. The van der Waals surface area contributed by atoms with Crippen LogP contribution in [-0.4, -0.2) is 47.0 Å². The predicted octanol–water partition coefficient (Wildman–Crippen LogP) is 3.41. The van der Waals surface area contributed by atoms with E-state index >= 15 is 0 Å². The maximum absolute atomic E-state index is 12.4. The molecule has 0 unspecified atom stereocenters. The van der Waals surface area contributed by atoms with Gasteiger partial charge in [-0.25, -0.2) is 9.97 Å². The van der Waals surface area contributed by atoms with Crippen molar-refractivity contribution < 1.29 is 9.53 Å². The van der Waals surface area contributed by atoms with E-state index < -0.39 is 0 Å². The second-order valence-electron chi connectivity index (χ2n) is 6.10. The molecule has 0 saturated heterocycles. The van der Waals surface area contributed by atoms with Gasteiger partial charge in [-0.15, -0.1) is 0 Å². The smallest absolute Gasteiger partial charge is 0.256 e. The van der Waals surface area contributed by atoms with E-state index in [1.807, 2.05) is 39.0 Å². The van der Waals surface area contributed by atoms with Gasteiger partial charge in [-0.05, 0) is 38.5 Å². The summed E-state index contributed by atoms with van der Waals surface area (Å²) in [6.45, 7) is 6.73. The molecule has 1 aromatic carbocycles. The number of benzene rings is 1. The van der Waals surface area contributed by atoms with Crippen LogP contribution in [0.15, 0.2) is 30.6 Å². The minimum atomic E-state index is -0.158. The number of amides is 1. The van der Waals surface area contributed by atoms with Crippen LogP contribution in [0.25, 0.3) is 0 Å². The van der Waals surface area contributed by atoms with Crippen LogP contribution < -0.4 is 10.1 Å². The van der Waals surface area contributed by atoms with Crippen molar-refractivity contribution in [2.24, 2.45) is 0 Å². The summed E-state index contributed by atoms with van der Waals surface area (Å²) < 4.78 is 5.64. The Balaban J connectivity index is 1.87. The van der Waals surface area contributed by atoms with Gasteiger partial charge in [0.15, 0.2) is 0 Å². The highest BCUT2D eigenvalue weighted by atomic mass is 35.5. The van der Waals surface area contributed by atoms with Crippen molar-refractivity contribution >= 4 is 23.5 Å². The zero-order chi connectivity index (χ0) is 18.4. The van der Waals surface area contributed by atoms with Crippen LogP contribution >= 0.6 is 11.6 Å². The van der Waals surface area contributed by atoms with Crippen LogP contribution in [-0.2, 0) is 0 Å². The van der Waals surface area contributed by atoms with Gasteiger partial charge < -0.3 is 15.0 Å². The molecule has 1 amide bonds. The number of halogens is 1. The SMILES string of the molecule is Cc1ccc(OCCN(C)C(=O)c2cnc(NC(C)C)nc2)c(Cl)c1. The number of aromatic nitrogens is 2. The Hall–Kier alpha value is -2.34. The van der Waals surface area contributed by atoms with Crippen molar-refractivity contribution in [1.29, 1.82) is 0 Å². The number of nitrogens with zero attached hydrogens (tertiary/aromatic N) is 3. The van der Waals surface area contributed by atoms with Gasteiger partial charge in [-0.1, -0.05) is 17.7 Å². The van der Waals surface area contributed by atoms with E-state index in [2.05, 4.69) is 15.3 Å². The van der Waals surface area contributed by atoms with Crippen molar-refractivity contribution in [3.63, 3.8) is 0 Å². The lowest BCUT2D eigenvalue weighted by atomic mass is 10.2. The number of hydrogen-bond donors (Lipinski definition) is 1. The van der Waals surface area contributed by atoms with Crippen molar-refractivity contribution in [2.75, 3.05) is 25.5 Å². The third-order valence-corrected chi connectivity index (χ3v) is 3.73. The van der Waals surface area contributed by atoms with Crippen LogP contribution in [0.5, 0.6) is 5.75 Å². The Bertz CT molecular complexity index is 720. The van der Waals surface area contributed by atoms with E-state index in [1.54, 1.807) is 11.9 Å². The molecule has 1 aromatic heterocycles. The summed E-state index contributed by atoms with van der Waals surface area (Å²) in [6, 6.07) is 5.83. The van der Waals surface area contributed by atoms with Crippen molar-refractivity contribution in [1.82, 2.24) is 14.9 Å². The summed E-state index contributed by atoms with van der Waals surface area (Å²) in [4.78, 5) is 22.2. The number of carbonyl (C=O) groups is 1. The monoisotopic (exact) mass is 362 g/mol. The molecule has 1 N–H and O–H groups in total. The average Bonchev–Trinajstić information content (AvgIpc) is 2.56. The molecule has 2 rings (SSSR count). The van der Waals surface area contributed by atoms with E-state index in [1.165, 1.54) is 12.4 Å². The van der Waals surface area contributed by atoms with Gasteiger partial charge in [0.25, 0.3) is 5.91 Å². The van der Waals surface area contributed by atoms with Crippen LogP contribution in [0.4, 0.5) is 5.95 Å². The Morgan fingerprint density at radius 2 is 2.00 bits per heavy atom. The van der Waals surface area contributed by atoms with Crippen molar-refractivity contribution in [3.8, 4) is 5.75 Å². The van der Waals surface area contributed by atoms with Crippen LogP contribution in [0.2, 0.25) is 5.02 Å². The maximum atomic E-state index is 12.4. The minimum absolute atomic E-state index is 0.158. The maximum Gasteiger partial charge on any atom is 0.256 e.